The zero-order valence-electron chi connectivity index (χ0n) is 9.88. The number of hydrogen-bond donors (Lipinski definition) is 1. The van der Waals surface area contributed by atoms with E-state index in [4.69, 9.17) is 11.6 Å². The average molecular weight is 451 g/mol. The lowest BCUT2D eigenvalue weighted by Crippen LogP contribution is -2.14. The average Bonchev–Trinajstić information content (AvgIpc) is 2.37. The largest absolute Gasteiger partial charge is 0.319 e. The zero-order chi connectivity index (χ0) is 14.0. The molecule has 1 aromatic heterocycles. The van der Waals surface area contributed by atoms with Crippen molar-refractivity contribution in [1.82, 2.24) is 4.98 Å². The summed E-state index contributed by atoms with van der Waals surface area (Å²) in [5.74, 6) is -0.199. The summed E-state index contributed by atoms with van der Waals surface area (Å²) in [7, 11) is 0. The Bertz CT molecular complexity index is 649. The van der Waals surface area contributed by atoms with E-state index in [1.807, 2.05) is 19.1 Å². The Kier molecular flexibility index (Phi) is 4.81. The lowest BCUT2D eigenvalue weighted by Gasteiger charge is -2.09. The molecule has 2 aromatic rings. The molecule has 0 saturated heterocycles. The van der Waals surface area contributed by atoms with Crippen molar-refractivity contribution in [2.75, 3.05) is 5.32 Å². The third-order valence-electron chi connectivity index (χ3n) is 2.49. The van der Waals surface area contributed by atoms with Crippen LogP contribution in [0.1, 0.15) is 15.9 Å². The molecule has 0 spiro atoms. The molecule has 0 aliphatic carbocycles. The van der Waals surface area contributed by atoms with Crippen LogP contribution in [0.5, 0.6) is 0 Å². The molecule has 1 heterocycles. The highest BCUT2D eigenvalue weighted by Gasteiger charge is 2.13. The molecule has 1 N–H and O–H groups in total. The number of aryl methyl sites for hydroxylation is 1. The van der Waals surface area contributed by atoms with E-state index in [9.17, 15) is 4.79 Å². The van der Waals surface area contributed by atoms with Gasteiger partial charge in [0.1, 0.15) is 0 Å². The number of nitrogens with one attached hydrogen (secondary N) is 1. The van der Waals surface area contributed by atoms with Gasteiger partial charge in [0.05, 0.1) is 11.3 Å². The molecule has 0 atom stereocenters. The molecule has 2 rings (SSSR count). The van der Waals surface area contributed by atoms with E-state index in [2.05, 4.69) is 48.8 Å². The molecule has 0 saturated carbocycles. The van der Waals surface area contributed by atoms with E-state index in [1.54, 1.807) is 18.3 Å². The van der Waals surface area contributed by atoms with Crippen molar-refractivity contribution in [1.29, 1.82) is 0 Å². The standard InChI is InChI=1S/C13H9BrClIN2O/c1-7-3-2-4-9(11(7)16)13(19)18-10-5-8(14)6-17-12(10)15/h2-6H,1H3,(H,18,19). The van der Waals surface area contributed by atoms with Crippen LogP contribution in [0.2, 0.25) is 5.15 Å². The van der Waals surface area contributed by atoms with Gasteiger partial charge >= 0.3 is 0 Å². The molecule has 1 amide bonds. The van der Waals surface area contributed by atoms with Gasteiger partial charge in [-0.25, -0.2) is 4.98 Å². The van der Waals surface area contributed by atoms with Gasteiger partial charge in [0.15, 0.2) is 5.15 Å². The third-order valence-corrected chi connectivity index (χ3v) is 4.66. The topological polar surface area (TPSA) is 42.0 Å². The highest BCUT2D eigenvalue weighted by molar-refractivity contribution is 14.1. The molecule has 0 aliphatic heterocycles. The van der Waals surface area contributed by atoms with Crippen LogP contribution >= 0.6 is 50.1 Å². The second-order valence-corrected chi connectivity index (χ2v) is 6.23. The molecule has 6 heteroatoms. The van der Waals surface area contributed by atoms with Gasteiger partial charge in [0.25, 0.3) is 5.91 Å². The Morgan fingerprint density at radius 1 is 1.47 bits per heavy atom. The predicted molar refractivity (Wildman–Crippen MR) is 88.8 cm³/mol. The smallest absolute Gasteiger partial charge is 0.256 e. The Morgan fingerprint density at radius 3 is 2.95 bits per heavy atom. The van der Waals surface area contributed by atoms with Crippen LogP contribution in [-0.4, -0.2) is 10.9 Å². The molecular formula is C13H9BrClIN2O. The first-order valence-electron chi connectivity index (χ1n) is 5.36. The Balaban J connectivity index is 2.31. The van der Waals surface area contributed by atoms with E-state index in [1.165, 1.54) is 0 Å². The minimum Gasteiger partial charge on any atom is -0.319 e. The third kappa shape index (κ3) is 3.46. The van der Waals surface area contributed by atoms with Crippen LogP contribution in [0.15, 0.2) is 34.9 Å². The maximum atomic E-state index is 12.2. The van der Waals surface area contributed by atoms with Gasteiger partial charge < -0.3 is 5.32 Å². The van der Waals surface area contributed by atoms with E-state index in [0.717, 1.165) is 13.6 Å². The number of amides is 1. The van der Waals surface area contributed by atoms with Gasteiger partial charge in [-0.2, -0.15) is 0 Å². The van der Waals surface area contributed by atoms with Crippen LogP contribution in [0.25, 0.3) is 0 Å². The van der Waals surface area contributed by atoms with Gasteiger partial charge in [0, 0.05) is 14.2 Å². The second kappa shape index (κ2) is 6.19. The first-order valence-corrected chi connectivity index (χ1v) is 7.61. The summed E-state index contributed by atoms with van der Waals surface area (Å²) in [6, 6.07) is 7.32. The quantitative estimate of drug-likeness (QED) is 0.533. The highest BCUT2D eigenvalue weighted by atomic mass is 127. The molecule has 0 unspecified atom stereocenters. The minimum atomic E-state index is -0.199. The Hall–Kier alpha value is -0.660. The van der Waals surface area contributed by atoms with Gasteiger partial charge in [-0.15, -0.1) is 0 Å². The molecule has 0 aliphatic rings. The second-order valence-electron chi connectivity index (χ2n) is 3.88. The van der Waals surface area contributed by atoms with Crippen molar-refractivity contribution in [3.05, 3.63) is 54.8 Å². The van der Waals surface area contributed by atoms with E-state index in [-0.39, 0.29) is 11.1 Å². The molecule has 0 radical (unpaired) electrons. The van der Waals surface area contributed by atoms with Crippen LogP contribution in [-0.2, 0) is 0 Å². The van der Waals surface area contributed by atoms with Crippen LogP contribution in [0.4, 0.5) is 5.69 Å². The summed E-state index contributed by atoms with van der Waals surface area (Å²) in [5, 5.41) is 3.03. The normalized spacial score (nSPS) is 10.3. The Labute approximate surface area is 138 Å². The van der Waals surface area contributed by atoms with Crippen molar-refractivity contribution in [2.45, 2.75) is 6.92 Å². The minimum absolute atomic E-state index is 0.199. The zero-order valence-corrected chi connectivity index (χ0v) is 14.4. The molecule has 0 fully saturated rings. The first-order chi connectivity index (χ1) is 8.99. The molecule has 98 valence electrons. The predicted octanol–water partition coefficient (Wildman–Crippen LogP) is 4.66. The van der Waals surface area contributed by atoms with Crippen molar-refractivity contribution in [3.63, 3.8) is 0 Å². The summed E-state index contributed by atoms with van der Waals surface area (Å²) in [6.07, 6.45) is 1.58. The fourth-order valence-corrected chi connectivity index (χ4v) is 2.61. The molecular weight excluding hydrogens is 442 g/mol. The van der Waals surface area contributed by atoms with Gasteiger partial charge in [-0.05, 0) is 63.1 Å². The van der Waals surface area contributed by atoms with E-state index in [0.29, 0.717) is 11.3 Å². The first kappa shape index (κ1) is 14.7. The summed E-state index contributed by atoms with van der Waals surface area (Å²) >= 11 is 11.4. The number of benzene rings is 1. The van der Waals surface area contributed by atoms with E-state index < -0.39 is 0 Å². The van der Waals surface area contributed by atoms with Crippen molar-refractivity contribution < 1.29 is 4.79 Å². The number of pyridine rings is 1. The molecule has 1 aromatic carbocycles. The number of carbonyl (C=O) groups excluding carboxylic acids is 1. The number of anilines is 1. The Morgan fingerprint density at radius 2 is 2.21 bits per heavy atom. The lowest BCUT2D eigenvalue weighted by atomic mass is 10.1. The summed E-state index contributed by atoms with van der Waals surface area (Å²) < 4.78 is 1.68. The summed E-state index contributed by atoms with van der Waals surface area (Å²) in [6.45, 7) is 1.96. The van der Waals surface area contributed by atoms with E-state index >= 15 is 0 Å². The van der Waals surface area contributed by atoms with Gasteiger partial charge in [0.2, 0.25) is 0 Å². The monoisotopic (exact) mass is 450 g/mol. The van der Waals surface area contributed by atoms with Crippen molar-refractivity contribution in [2.24, 2.45) is 0 Å². The summed E-state index contributed by atoms with van der Waals surface area (Å²) in [5.41, 5.74) is 2.17. The van der Waals surface area contributed by atoms with Crippen LogP contribution in [0.3, 0.4) is 0 Å². The molecule has 0 bridgehead atoms. The van der Waals surface area contributed by atoms with Crippen LogP contribution in [0, 0.1) is 10.5 Å². The fraction of sp³-hybridized carbons (Fsp3) is 0.0769. The summed E-state index contributed by atoms with van der Waals surface area (Å²) in [4.78, 5) is 16.2. The number of halogens is 3. The van der Waals surface area contributed by atoms with Crippen molar-refractivity contribution in [3.8, 4) is 0 Å². The van der Waals surface area contributed by atoms with Crippen molar-refractivity contribution >= 4 is 61.7 Å². The van der Waals surface area contributed by atoms with Gasteiger partial charge in [-0.3, -0.25) is 4.79 Å². The number of rotatable bonds is 2. The number of hydrogen-bond acceptors (Lipinski definition) is 2. The molecule has 3 nitrogen and oxygen atoms in total. The number of carbonyl (C=O) groups is 1. The number of nitrogens with zero attached hydrogens (tertiary/aromatic N) is 1. The SMILES string of the molecule is Cc1cccc(C(=O)Nc2cc(Br)cnc2Cl)c1I. The molecule has 19 heavy (non-hydrogen) atoms. The fourth-order valence-electron chi connectivity index (χ4n) is 1.52. The maximum absolute atomic E-state index is 12.2. The van der Waals surface area contributed by atoms with Gasteiger partial charge in [-0.1, -0.05) is 23.7 Å². The highest BCUT2D eigenvalue weighted by Crippen LogP contribution is 2.24. The maximum Gasteiger partial charge on any atom is 0.256 e. The van der Waals surface area contributed by atoms with Crippen LogP contribution < -0.4 is 5.32 Å². The lowest BCUT2D eigenvalue weighted by molar-refractivity contribution is 0.102. The number of aromatic nitrogens is 1.